The summed E-state index contributed by atoms with van der Waals surface area (Å²) < 4.78 is 18.7. The molecule has 1 heterocycles. The van der Waals surface area contributed by atoms with Crippen LogP contribution in [0.4, 0.5) is 10.1 Å². The van der Waals surface area contributed by atoms with E-state index in [1.54, 1.807) is 12.1 Å². The summed E-state index contributed by atoms with van der Waals surface area (Å²) in [6.45, 7) is 0.998. The van der Waals surface area contributed by atoms with Crippen LogP contribution in [-0.4, -0.2) is 31.2 Å². The molecule has 1 saturated heterocycles. The summed E-state index contributed by atoms with van der Waals surface area (Å²) in [7, 11) is 0. The molecule has 0 radical (unpaired) electrons. The van der Waals surface area contributed by atoms with Crippen molar-refractivity contribution in [1.82, 2.24) is 5.32 Å². The van der Waals surface area contributed by atoms with Crippen LogP contribution in [0, 0.1) is 11.7 Å². The van der Waals surface area contributed by atoms with Crippen molar-refractivity contribution in [3.05, 3.63) is 30.1 Å². The number of halogens is 1. The summed E-state index contributed by atoms with van der Waals surface area (Å²) >= 11 is 0. The van der Waals surface area contributed by atoms with Gasteiger partial charge >= 0.3 is 0 Å². The normalized spacial score (nSPS) is 25.6. The van der Waals surface area contributed by atoms with Crippen LogP contribution in [-0.2, 0) is 9.53 Å². The Morgan fingerprint density at radius 3 is 2.95 bits per heavy atom. The van der Waals surface area contributed by atoms with Crippen molar-refractivity contribution in [3.8, 4) is 0 Å². The number of carbonyl (C=O) groups is 1. The summed E-state index contributed by atoms with van der Waals surface area (Å²) in [5, 5.41) is 5.94. The van der Waals surface area contributed by atoms with E-state index in [0.29, 0.717) is 11.6 Å². The zero-order valence-electron chi connectivity index (χ0n) is 11.3. The number of nitrogens with one attached hydrogen (secondary N) is 2. The first-order chi connectivity index (χ1) is 9.72. The largest absolute Gasteiger partial charge is 0.376 e. The second-order valence-electron chi connectivity index (χ2n) is 5.51. The van der Waals surface area contributed by atoms with Gasteiger partial charge in [-0.1, -0.05) is 6.07 Å². The molecule has 1 saturated carbocycles. The molecular weight excluding hydrogens is 259 g/mol. The quantitative estimate of drug-likeness (QED) is 0.865. The van der Waals surface area contributed by atoms with Gasteiger partial charge in [0, 0.05) is 18.3 Å². The highest BCUT2D eigenvalue weighted by Gasteiger charge is 2.40. The van der Waals surface area contributed by atoms with Gasteiger partial charge in [-0.15, -0.1) is 0 Å². The Balaban J connectivity index is 1.47. The number of hydrogen-bond donors (Lipinski definition) is 2. The van der Waals surface area contributed by atoms with Gasteiger partial charge in [-0.05, 0) is 43.4 Å². The van der Waals surface area contributed by atoms with E-state index in [1.807, 2.05) is 0 Å². The first kappa shape index (κ1) is 13.5. The Bertz CT molecular complexity index is 491. The van der Waals surface area contributed by atoms with E-state index < -0.39 is 0 Å². The van der Waals surface area contributed by atoms with Crippen molar-refractivity contribution in [1.29, 1.82) is 0 Å². The standard InChI is InChI=1S/C15H19FN2O2/c16-11-2-1-3-12(8-11)18-14(19)9-17-13-6-7-20-15(13)10-4-5-10/h1-3,8,10,13,15,17H,4-7,9H2,(H,18,19). The third-order valence-electron chi connectivity index (χ3n) is 3.86. The minimum absolute atomic E-state index is 0.156. The van der Waals surface area contributed by atoms with E-state index >= 15 is 0 Å². The average Bonchev–Trinajstić information content (AvgIpc) is 3.15. The second kappa shape index (κ2) is 5.89. The molecule has 2 aliphatic rings. The van der Waals surface area contributed by atoms with Gasteiger partial charge in [0.05, 0.1) is 12.6 Å². The molecular formula is C15H19FN2O2. The van der Waals surface area contributed by atoms with Gasteiger partial charge in [-0.2, -0.15) is 0 Å². The van der Waals surface area contributed by atoms with Gasteiger partial charge in [0.15, 0.2) is 0 Å². The molecule has 0 bridgehead atoms. The van der Waals surface area contributed by atoms with Crippen LogP contribution in [0.3, 0.4) is 0 Å². The molecule has 1 aromatic rings. The highest BCUT2D eigenvalue weighted by Crippen LogP contribution is 2.38. The number of benzene rings is 1. The summed E-state index contributed by atoms with van der Waals surface area (Å²) in [6.07, 6.45) is 3.68. The topological polar surface area (TPSA) is 50.4 Å². The zero-order valence-corrected chi connectivity index (χ0v) is 11.3. The van der Waals surface area contributed by atoms with Crippen molar-refractivity contribution in [2.45, 2.75) is 31.4 Å². The molecule has 1 aliphatic heterocycles. The number of carbonyl (C=O) groups excluding carboxylic acids is 1. The monoisotopic (exact) mass is 278 g/mol. The minimum atomic E-state index is -0.353. The van der Waals surface area contributed by atoms with Crippen molar-refractivity contribution in [3.63, 3.8) is 0 Å². The van der Waals surface area contributed by atoms with Crippen molar-refractivity contribution < 1.29 is 13.9 Å². The number of amides is 1. The maximum absolute atomic E-state index is 13.0. The third kappa shape index (κ3) is 3.35. The minimum Gasteiger partial charge on any atom is -0.376 e. The van der Waals surface area contributed by atoms with Crippen LogP contribution >= 0.6 is 0 Å². The van der Waals surface area contributed by atoms with Crippen LogP contribution < -0.4 is 10.6 Å². The van der Waals surface area contributed by atoms with E-state index in [9.17, 15) is 9.18 Å². The number of anilines is 1. The zero-order chi connectivity index (χ0) is 13.9. The van der Waals surface area contributed by atoms with E-state index in [2.05, 4.69) is 10.6 Å². The van der Waals surface area contributed by atoms with E-state index in [-0.39, 0.29) is 30.4 Å². The lowest BCUT2D eigenvalue weighted by molar-refractivity contribution is -0.115. The molecule has 2 unspecified atom stereocenters. The molecule has 0 aromatic heterocycles. The van der Waals surface area contributed by atoms with Gasteiger partial charge in [-0.25, -0.2) is 4.39 Å². The average molecular weight is 278 g/mol. The lowest BCUT2D eigenvalue weighted by Gasteiger charge is -2.19. The molecule has 3 rings (SSSR count). The number of hydrogen-bond acceptors (Lipinski definition) is 3. The molecule has 2 fully saturated rings. The van der Waals surface area contributed by atoms with Crippen molar-refractivity contribution >= 4 is 11.6 Å². The van der Waals surface area contributed by atoms with Gasteiger partial charge < -0.3 is 15.4 Å². The number of ether oxygens (including phenoxy) is 1. The van der Waals surface area contributed by atoms with Crippen LogP contribution in [0.5, 0.6) is 0 Å². The molecule has 1 amide bonds. The Labute approximate surface area is 117 Å². The lowest BCUT2D eigenvalue weighted by Crippen LogP contribution is -2.41. The predicted molar refractivity (Wildman–Crippen MR) is 73.9 cm³/mol. The van der Waals surface area contributed by atoms with Crippen LogP contribution in [0.15, 0.2) is 24.3 Å². The van der Waals surface area contributed by atoms with Gasteiger partial charge in [0.1, 0.15) is 5.82 Å². The smallest absolute Gasteiger partial charge is 0.238 e. The van der Waals surface area contributed by atoms with E-state index in [1.165, 1.54) is 25.0 Å². The molecule has 108 valence electrons. The highest BCUT2D eigenvalue weighted by molar-refractivity contribution is 5.92. The first-order valence-corrected chi connectivity index (χ1v) is 7.13. The van der Waals surface area contributed by atoms with Gasteiger partial charge in [0.25, 0.3) is 0 Å². The Morgan fingerprint density at radius 1 is 1.35 bits per heavy atom. The number of rotatable bonds is 5. The summed E-state index contributed by atoms with van der Waals surface area (Å²) in [6, 6.07) is 6.17. The highest BCUT2D eigenvalue weighted by atomic mass is 19.1. The van der Waals surface area contributed by atoms with Crippen LogP contribution in [0.2, 0.25) is 0 Å². The van der Waals surface area contributed by atoms with Gasteiger partial charge in [0.2, 0.25) is 5.91 Å². The molecule has 1 aliphatic carbocycles. The molecule has 0 spiro atoms. The predicted octanol–water partition coefficient (Wildman–Crippen LogP) is 1.92. The Morgan fingerprint density at radius 2 is 2.20 bits per heavy atom. The first-order valence-electron chi connectivity index (χ1n) is 7.13. The Kier molecular flexibility index (Phi) is 3.98. The van der Waals surface area contributed by atoms with Crippen LogP contribution in [0.1, 0.15) is 19.3 Å². The molecule has 5 heteroatoms. The summed E-state index contributed by atoms with van der Waals surface area (Å²) in [5.74, 6) is 0.159. The summed E-state index contributed by atoms with van der Waals surface area (Å²) in [5.41, 5.74) is 0.484. The van der Waals surface area contributed by atoms with Crippen molar-refractivity contribution in [2.24, 2.45) is 5.92 Å². The fourth-order valence-corrected chi connectivity index (χ4v) is 2.71. The van der Waals surface area contributed by atoms with Crippen molar-refractivity contribution in [2.75, 3.05) is 18.5 Å². The summed E-state index contributed by atoms with van der Waals surface area (Å²) in [4.78, 5) is 11.8. The Hall–Kier alpha value is -1.46. The fraction of sp³-hybridized carbons (Fsp3) is 0.533. The third-order valence-corrected chi connectivity index (χ3v) is 3.86. The second-order valence-corrected chi connectivity index (χ2v) is 5.51. The van der Waals surface area contributed by atoms with E-state index in [0.717, 1.165) is 13.0 Å². The maximum atomic E-state index is 13.0. The lowest BCUT2D eigenvalue weighted by atomic mass is 10.1. The molecule has 4 nitrogen and oxygen atoms in total. The fourth-order valence-electron chi connectivity index (χ4n) is 2.71. The van der Waals surface area contributed by atoms with Gasteiger partial charge in [-0.3, -0.25) is 4.79 Å². The SMILES string of the molecule is O=C(CNC1CCOC1C1CC1)Nc1cccc(F)c1. The molecule has 2 N–H and O–H groups in total. The molecule has 2 atom stereocenters. The molecule has 1 aromatic carbocycles. The van der Waals surface area contributed by atoms with E-state index in [4.69, 9.17) is 4.74 Å². The van der Waals surface area contributed by atoms with Crippen LogP contribution in [0.25, 0.3) is 0 Å². The maximum Gasteiger partial charge on any atom is 0.238 e. The molecule has 20 heavy (non-hydrogen) atoms.